The van der Waals surface area contributed by atoms with E-state index in [1.54, 1.807) is 0 Å². The van der Waals surface area contributed by atoms with Crippen LogP contribution in [0, 0.1) is 0 Å². The third kappa shape index (κ3) is 3.10. The molecule has 1 aliphatic rings. The zero-order chi connectivity index (χ0) is 15.0. The highest BCUT2D eigenvalue weighted by atomic mass is 19.4. The molecule has 7 heteroatoms. The number of likely N-dealkylation sites (tertiary alicyclic amines) is 1. The molecule has 1 fully saturated rings. The monoisotopic (exact) mass is 288 g/mol. The summed E-state index contributed by atoms with van der Waals surface area (Å²) >= 11 is 0. The Kier molecular flexibility index (Phi) is 3.75. The van der Waals surface area contributed by atoms with E-state index >= 15 is 0 Å². The van der Waals surface area contributed by atoms with Gasteiger partial charge in [-0.1, -0.05) is 12.1 Å². The van der Waals surface area contributed by atoms with E-state index in [1.165, 1.54) is 12.1 Å². The van der Waals surface area contributed by atoms with Gasteiger partial charge in [-0.05, 0) is 24.1 Å². The van der Waals surface area contributed by atoms with Crippen molar-refractivity contribution in [1.29, 1.82) is 0 Å². The van der Waals surface area contributed by atoms with E-state index in [4.69, 9.17) is 10.8 Å². The van der Waals surface area contributed by atoms with Gasteiger partial charge in [0.25, 0.3) is 0 Å². The Morgan fingerprint density at radius 3 is 2.40 bits per heavy atom. The van der Waals surface area contributed by atoms with Crippen molar-refractivity contribution in [2.75, 3.05) is 13.1 Å². The highest BCUT2D eigenvalue weighted by Crippen LogP contribution is 2.29. The van der Waals surface area contributed by atoms with Crippen molar-refractivity contribution < 1.29 is 23.1 Å². The van der Waals surface area contributed by atoms with E-state index in [2.05, 4.69) is 0 Å². The zero-order valence-electron chi connectivity index (χ0n) is 10.7. The maximum absolute atomic E-state index is 12.4. The zero-order valence-corrected chi connectivity index (χ0v) is 10.7. The summed E-state index contributed by atoms with van der Waals surface area (Å²) < 4.78 is 37.3. The lowest BCUT2D eigenvalue weighted by Gasteiger charge is -2.20. The number of halogens is 3. The van der Waals surface area contributed by atoms with Crippen molar-refractivity contribution in [2.24, 2.45) is 5.73 Å². The average molecular weight is 288 g/mol. The summed E-state index contributed by atoms with van der Waals surface area (Å²) in [6, 6.07) is 4.86. The van der Waals surface area contributed by atoms with Crippen LogP contribution in [0.3, 0.4) is 0 Å². The quantitative estimate of drug-likeness (QED) is 0.888. The molecule has 0 bridgehead atoms. The number of carbonyl (C=O) groups is 1. The Labute approximate surface area is 114 Å². The number of carboxylic acids is 1. The number of hydrogen-bond acceptors (Lipinski definition) is 3. The molecule has 1 atom stereocenters. The van der Waals surface area contributed by atoms with Crippen molar-refractivity contribution in [3.63, 3.8) is 0 Å². The van der Waals surface area contributed by atoms with Crippen LogP contribution in [-0.4, -0.2) is 34.6 Å². The van der Waals surface area contributed by atoms with E-state index in [1.807, 2.05) is 4.90 Å². The van der Waals surface area contributed by atoms with Crippen LogP contribution in [0.1, 0.15) is 17.5 Å². The second-order valence-electron chi connectivity index (χ2n) is 5.12. The maximum Gasteiger partial charge on any atom is 0.416 e. The van der Waals surface area contributed by atoms with Crippen LogP contribution in [0.2, 0.25) is 0 Å². The molecule has 1 unspecified atom stereocenters. The largest absolute Gasteiger partial charge is 0.480 e. The fraction of sp³-hybridized carbons (Fsp3) is 0.462. The van der Waals surface area contributed by atoms with Gasteiger partial charge < -0.3 is 10.8 Å². The summed E-state index contributed by atoms with van der Waals surface area (Å²) in [7, 11) is 0. The van der Waals surface area contributed by atoms with Crippen LogP contribution in [-0.2, 0) is 17.5 Å². The summed E-state index contributed by atoms with van der Waals surface area (Å²) in [6.07, 6.45) is -4.01. The van der Waals surface area contributed by atoms with E-state index < -0.39 is 23.2 Å². The first kappa shape index (κ1) is 14.8. The Balaban J connectivity index is 2.00. The van der Waals surface area contributed by atoms with Crippen LogP contribution >= 0.6 is 0 Å². The fourth-order valence-corrected chi connectivity index (χ4v) is 2.28. The van der Waals surface area contributed by atoms with Crippen LogP contribution < -0.4 is 5.73 Å². The van der Waals surface area contributed by atoms with Crippen molar-refractivity contribution >= 4 is 5.97 Å². The maximum atomic E-state index is 12.4. The van der Waals surface area contributed by atoms with Gasteiger partial charge in [0.15, 0.2) is 0 Å². The predicted octanol–water partition coefficient (Wildman–Crippen LogP) is 1.69. The normalized spacial score (nSPS) is 24.0. The first-order valence-electron chi connectivity index (χ1n) is 6.11. The van der Waals surface area contributed by atoms with Gasteiger partial charge in [-0.3, -0.25) is 9.69 Å². The van der Waals surface area contributed by atoms with Crippen LogP contribution in [0.25, 0.3) is 0 Å². The molecule has 0 aliphatic carbocycles. The second kappa shape index (κ2) is 5.06. The molecule has 2 rings (SSSR count). The topological polar surface area (TPSA) is 66.6 Å². The third-order valence-corrected chi connectivity index (χ3v) is 3.49. The number of nitrogens with two attached hydrogens (primary N) is 1. The second-order valence-corrected chi connectivity index (χ2v) is 5.12. The molecular weight excluding hydrogens is 273 g/mol. The number of rotatable bonds is 3. The summed E-state index contributed by atoms with van der Waals surface area (Å²) in [6.45, 7) is 1.11. The van der Waals surface area contributed by atoms with Gasteiger partial charge in [0.1, 0.15) is 5.54 Å². The van der Waals surface area contributed by atoms with Crippen molar-refractivity contribution in [3.8, 4) is 0 Å². The Morgan fingerprint density at radius 1 is 1.35 bits per heavy atom. The van der Waals surface area contributed by atoms with E-state index in [0.29, 0.717) is 25.1 Å². The van der Waals surface area contributed by atoms with E-state index in [0.717, 1.165) is 12.1 Å². The van der Waals surface area contributed by atoms with Crippen molar-refractivity contribution in [3.05, 3.63) is 35.4 Å². The third-order valence-electron chi connectivity index (χ3n) is 3.49. The molecule has 3 N–H and O–H groups in total. The molecule has 1 saturated heterocycles. The van der Waals surface area contributed by atoms with Crippen LogP contribution in [0.5, 0.6) is 0 Å². The predicted molar refractivity (Wildman–Crippen MR) is 65.9 cm³/mol. The molecule has 20 heavy (non-hydrogen) atoms. The average Bonchev–Trinajstić information content (AvgIpc) is 2.72. The van der Waals surface area contributed by atoms with E-state index in [-0.39, 0.29) is 6.54 Å². The highest BCUT2D eigenvalue weighted by Gasteiger charge is 2.41. The number of carboxylic acid groups (broad SMARTS) is 1. The number of aliphatic carboxylic acids is 1. The summed E-state index contributed by atoms with van der Waals surface area (Å²) in [5.41, 5.74) is 4.49. The molecular formula is C13H15F3N2O2. The molecule has 4 nitrogen and oxygen atoms in total. The van der Waals surface area contributed by atoms with Gasteiger partial charge in [-0.2, -0.15) is 13.2 Å². The Morgan fingerprint density at radius 2 is 1.95 bits per heavy atom. The molecule has 110 valence electrons. The Hall–Kier alpha value is -1.60. The Bertz CT molecular complexity index is 501. The van der Waals surface area contributed by atoms with Crippen LogP contribution in [0.4, 0.5) is 13.2 Å². The lowest BCUT2D eigenvalue weighted by molar-refractivity contribution is -0.143. The number of nitrogens with zero attached hydrogens (tertiary/aromatic N) is 1. The van der Waals surface area contributed by atoms with Gasteiger partial charge >= 0.3 is 12.1 Å². The molecule has 0 amide bonds. The van der Waals surface area contributed by atoms with Gasteiger partial charge in [-0.15, -0.1) is 0 Å². The number of alkyl halides is 3. The smallest absolute Gasteiger partial charge is 0.416 e. The summed E-state index contributed by atoms with van der Waals surface area (Å²) in [5.74, 6) is -1.05. The van der Waals surface area contributed by atoms with Gasteiger partial charge in [-0.25, -0.2) is 0 Å². The highest BCUT2D eigenvalue weighted by molar-refractivity contribution is 5.79. The fourth-order valence-electron chi connectivity index (χ4n) is 2.28. The molecule has 1 heterocycles. The minimum Gasteiger partial charge on any atom is -0.480 e. The molecule has 1 aromatic rings. The molecule has 0 spiro atoms. The minimum atomic E-state index is -4.35. The van der Waals surface area contributed by atoms with Gasteiger partial charge in [0.05, 0.1) is 5.56 Å². The molecule has 0 saturated carbocycles. The minimum absolute atomic E-state index is 0.198. The lowest BCUT2D eigenvalue weighted by Crippen LogP contribution is -2.50. The first-order chi connectivity index (χ1) is 9.21. The molecule has 1 aromatic carbocycles. The SMILES string of the molecule is NC1(C(=O)O)CCN(Cc2ccc(C(F)(F)F)cc2)C1. The van der Waals surface area contributed by atoms with Gasteiger partial charge in [0.2, 0.25) is 0 Å². The molecule has 0 aromatic heterocycles. The van der Waals surface area contributed by atoms with Crippen LogP contribution in [0.15, 0.2) is 24.3 Å². The number of hydrogen-bond donors (Lipinski definition) is 2. The number of benzene rings is 1. The molecule has 1 aliphatic heterocycles. The van der Waals surface area contributed by atoms with Gasteiger partial charge in [0, 0.05) is 19.6 Å². The summed E-state index contributed by atoms with van der Waals surface area (Å²) in [5, 5.41) is 9.01. The van der Waals surface area contributed by atoms with Crippen molar-refractivity contribution in [2.45, 2.75) is 24.7 Å². The lowest BCUT2D eigenvalue weighted by atomic mass is 10.0. The van der Waals surface area contributed by atoms with E-state index in [9.17, 15) is 18.0 Å². The standard InChI is InChI=1S/C13H15F3N2O2/c14-13(15,16)10-3-1-9(2-4-10)7-18-6-5-12(17,8-18)11(19)20/h1-4H,5-8,17H2,(H,19,20). The summed E-state index contributed by atoms with van der Waals surface area (Å²) in [4.78, 5) is 12.8. The molecule has 0 radical (unpaired) electrons. The first-order valence-corrected chi connectivity index (χ1v) is 6.11. The van der Waals surface area contributed by atoms with Crippen molar-refractivity contribution in [1.82, 2.24) is 4.90 Å².